The van der Waals surface area contributed by atoms with E-state index in [0.717, 1.165) is 27.8 Å². The molecule has 172 valence electrons. The molecular formula is C29H34N2O2. The topological polar surface area (TPSA) is 49.4 Å². The molecule has 0 spiro atoms. The van der Waals surface area contributed by atoms with Crippen molar-refractivity contribution in [2.75, 3.05) is 0 Å². The van der Waals surface area contributed by atoms with Crippen molar-refractivity contribution in [1.82, 2.24) is 10.2 Å². The van der Waals surface area contributed by atoms with Gasteiger partial charge in [0.15, 0.2) is 0 Å². The SMILES string of the molecule is Cc1ccc(CN(C(=O)Cc2cccc(C)c2)C(Cc2ccccc2)C(=O)NC(C)C)cc1. The van der Waals surface area contributed by atoms with E-state index < -0.39 is 6.04 Å². The van der Waals surface area contributed by atoms with Crippen molar-refractivity contribution in [3.05, 3.63) is 107 Å². The predicted octanol–water partition coefficient (Wildman–Crippen LogP) is 5.01. The number of benzene rings is 3. The molecule has 0 aliphatic carbocycles. The van der Waals surface area contributed by atoms with E-state index in [4.69, 9.17) is 0 Å². The summed E-state index contributed by atoms with van der Waals surface area (Å²) in [6.07, 6.45) is 0.721. The minimum Gasteiger partial charge on any atom is -0.352 e. The Labute approximate surface area is 197 Å². The first-order chi connectivity index (χ1) is 15.8. The number of hydrogen-bond donors (Lipinski definition) is 1. The quantitative estimate of drug-likeness (QED) is 0.506. The van der Waals surface area contributed by atoms with Gasteiger partial charge < -0.3 is 10.2 Å². The van der Waals surface area contributed by atoms with E-state index in [9.17, 15) is 9.59 Å². The Kier molecular flexibility index (Phi) is 8.42. The Morgan fingerprint density at radius 3 is 2.09 bits per heavy atom. The maximum absolute atomic E-state index is 13.7. The lowest BCUT2D eigenvalue weighted by atomic mass is 10.0. The van der Waals surface area contributed by atoms with Crippen LogP contribution >= 0.6 is 0 Å². The summed E-state index contributed by atoms with van der Waals surface area (Å²) >= 11 is 0. The van der Waals surface area contributed by atoms with Crippen LogP contribution in [-0.2, 0) is 29.0 Å². The number of rotatable bonds is 9. The van der Waals surface area contributed by atoms with Crippen molar-refractivity contribution in [3.8, 4) is 0 Å². The second-order valence-corrected chi connectivity index (χ2v) is 9.04. The highest BCUT2D eigenvalue weighted by atomic mass is 16.2. The molecule has 4 nitrogen and oxygen atoms in total. The van der Waals surface area contributed by atoms with E-state index in [0.29, 0.717) is 13.0 Å². The molecule has 1 N–H and O–H groups in total. The van der Waals surface area contributed by atoms with Gasteiger partial charge in [0.1, 0.15) is 6.04 Å². The van der Waals surface area contributed by atoms with Gasteiger partial charge in [-0.1, -0.05) is 90.0 Å². The largest absolute Gasteiger partial charge is 0.352 e. The van der Waals surface area contributed by atoms with Crippen molar-refractivity contribution < 1.29 is 9.59 Å². The number of carbonyl (C=O) groups is 2. The van der Waals surface area contributed by atoms with Gasteiger partial charge in [0.05, 0.1) is 6.42 Å². The third-order valence-electron chi connectivity index (χ3n) is 5.61. The van der Waals surface area contributed by atoms with E-state index in [1.165, 1.54) is 0 Å². The van der Waals surface area contributed by atoms with Gasteiger partial charge in [-0.25, -0.2) is 0 Å². The van der Waals surface area contributed by atoms with Crippen LogP contribution in [-0.4, -0.2) is 28.8 Å². The lowest BCUT2D eigenvalue weighted by Gasteiger charge is -2.32. The van der Waals surface area contributed by atoms with Crippen LogP contribution in [0.4, 0.5) is 0 Å². The molecular weight excluding hydrogens is 408 g/mol. The third kappa shape index (κ3) is 7.31. The summed E-state index contributed by atoms with van der Waals surface area (Å²) in [6.45, 7) is 8.33. The van der Waals surface area contributed by atoms with Crippen LogP contribution in [0, 0.1) is 13.8 Å². The van der Waals surface area contributed by atoms with Crippen molar-refractivity contribution in [2.24, 2.45) is 0 Å². The molecule has 0 aliphatic heterocycles. The smallest absolute Gasteiger partial charge is 0.243 e. The second kappa shape index (κ2) is 11.5. The standard InChI is InChI=1S/C29H34N2O2/c1-21(2)30-29(33)27(18-24-10-6-5-7-11-24)31(20-25-15-13-22(3)14-16-25)28(32)19-26-12-8-9-23(4)17-26/h5-17,21,27H,18-20H2,1-4H3,(H,30,33). The Morgan fingerprint density at radius 2 is 1.45 bits per heavy atom. The highest BCUT2D eigenvalue weighted by Crippen LogP contribution is 2.17. The zero-order valence-electron chi connectivity index (χ0n) is 20.0. The summed E-state index contributed by atoms with van der Waals surface area (Å²) in [4.78, 5) is 28.8. The first-order valence-corrected chi connectivity index (χ1v) is 11.6. The first-order valence-electron chi connectivity index (χ1n) is 11.6. The summed E-state index contributed by atoms with van der Waals surface area (Å²) in [6, 6.07) is 25.4. The molecule has 0 saturated heterocycles. The fraction of sp³-hybridized carbons (Fsp3) is 0.310. The summed E-state index contributed by atoms with van der Waals surface area (Å²) in [5, 5.41) is 3.03. The second-order valence-electron chi connectivity index (χ2n) is 9.04. The van der Waals surface area contributed by atoms with Gasteiger partial charge in [0, 0.05) is 19.0 Å². The zero-order valence-corrected chi connectivity index (χ0v) is 20.0. The third-order valence-corrected chi connectivity index (χ3v) is 5.61. The van der Waals surface area contributed by atoms with Gasteiger partial charge in [-0.05, 0) is 44.4 Å². The van der Waals surface area contributed by atoms with Crippen LogP contribution in [0.1, 0.15) is 41.7 Å². The number of carbonyl (C=O) groups excluding carboxylic acids is 2. The number of aryl methyl sites for hydroxylation is 2. The molecule has 0 heterocycles. The molecule has 3 rings (SSSR count). The lowest BCUT2D eigenvalue weighted by Crippen LogP contribution is -2.52. The Morgan fingerprint density at radius 1 is 0.788 bits per heavy atom. The monoisotopic (exact) mass is 442 g/mol. The van der Waals surface area contributed by atoms with Gasteiger partial charge in [0.2, 0.25) is 11.8 Å². The van der Waals surface area contributed by atoms with E-state index in [1.807, 2.05) is 107 Å². The summed E-state index contributed by atoms with van der Waals surface area (Å²) in [5.41, 5.74) is 5.27. The van der Waals surface area contributed by atoms with Gasteiger partial charge in [-0.15, -0.1) is 0 Å². The molecule has 33 heavy (non-hydrogen) atoms. The van der Waals surface area contributed by atoms with Crippen LogP contribution in [0.5, 0.6) is 0 Å². The van der Waals surface area contributed by atoms with Crippen molar-refractivity contribution in [3.63, 3.8) is 0 Å². The van der Waals surface area contributed by atoms with Gasteiger partial charge in [-0.3, -0.25) is 9.59 Å². The Balaban J connectivity index is 1.96. The Bertz CT molecular complexity index is 1060. The van der Waals surface area contributed by atoms with Crippen molar-refractivity contribution >= 4 is 11.8 Å². The van der Waals surface area contributed by atoms with Crippen molar-refractivity contribution in [2.45, 2.75) is 59.2 Å². The first kappa shape index (κ1) is 24.2. The summed E-state index contributed by atoms with van der Waals surface area (Å²) < 4.78 is 0. The van der Waals surface area contributed by atoms with Crippen LogP contribution in [0.15, 0.2) is 78.9 Å². The molecule has 1 atom stereocenters. The summed E-state index contributed by atoms with van der Waals surface area (Å²) in [7, 11) is 0. The highest BCUT2D eigenvalue weighted by Gasteiger charge is 2.30. The molecule has 0 saturated carbocycles. The average molecular weight is 443 g/mol. The molecule has 0 fully saturated rings. The molecule has 0 bridgehead atoms. The van der Waals surface area contributed by atoms with Crippen LogP contribution < -0.4 is 5.32 Å². The maximum atomic E-state index is 13.7. The fourth-order valence-electron chi connectivity index (χ4n) is 3.92. The predicted molar refractivity (Wildman–Crippen MR) is 134 cm³/mol. The van der Waals surface area contributed by atoms with Crippen LogP contribution in [0.2, 0.25) is 0 Å². The molecule has 1 unspecified atom stereocenters. The number of hydrogen-bond acceptors (Lipinski definition) is 2. The molecule has 4 heteroatoms. The van der Waals surface area contributed by atoms with E-state index in [-0.39, 0.29) is 24.3 Å². The molecule has 0 radical (unpaired) electrons. The van der Waals surface area contributed by atoms with Crippen LogP contribution in [0.25, 0.3) is 0 Å². The minimum absolute atomic E-state index is 0.0103. The van der Waals surface area contributed by atoms with Gasteiger partial charge >= 0.3 is 0 Å². The number of nitrogens with one attached hydrogen (secondary N) is 1. The molecule has 3 aromatic carbocycles. The van der Waals surface area contributed by atoms with E-state index in [2.05, 4.69) is 5.32 Å². The summed E-state index contributed by atoms with van der Waals surface area (Å²) in [5.74, 6) is -0.181. The average Bonchev–Trinajstić information content (AvgIpc) is 2.77. The van der Waals surface area contributed by atoms with E-state index >= 15 is 0 Å². The van der Waals surface area contributed by atoms with Crippen molar-refractivity contribution in [1.29, 1.82) is 0 Å². The van der Waals surface area contributed by atoms with E-state index in [1.54, 1.807) is 4.90 Å². The molecule has 3 aromatic rings. The van der Waals surface area contributed by atoms with Gasteiger partial charge in [0.25, 0.3) is 0 Å². The normalized spacial score (nSPS) is 11.8. The maximum Gasteiger partial charge on any atom is 0.243 e. The number of nitrogens with zero attached hydrogens (tertiary/aromatic N) is 1. The Hall–Kier alpha value is -3.40. The van der Waals surface area contributed by atoms with Crippen LogP contribution in [0.3, 0.4) is 0 Å². The number of amides is 2. The molecule has 0 aromatic heterocycles. The van der Waals surface area contributed by atoms with Gasteiger partial charge in [-0.2, -0.15) is 0 Å². The minimum atomic E-state index is -0.603. The zero-order chi connectivity index (χ0) is 23.8. The highest BCUT2D eigenvalue weighted by molar-refractivity contribution is 5.89. The molecule has 2 amide bonds. The lowest BCUT2D eigenvalue weighted by molar-refractivity contribution is -0.141. The molecule has 0 aliphatic rings. The fourth-order valence-corrected chi connectivity index (χ4v) is 3.92.